The summed E-state index contributed by atoms with van der Waals surface area (Å²) in [6, 6.07) is 1.86. The standard InChI is InChI=1S/C8H10N2O3/c9-6(8(12)13)7(11)5-2-1-3-10-4-5/h1-4,6-7,11H,9H2,(H,12,13)/t6-,7-/m0/s1. The average Bonchev–Trinajstić information content (AvgIpc) is 2.17. The normalized spacial score (nSPS) is 14.9. The van der Waals surface area contributed by atoms with Crippen molar-refractivity contribution in [2.75, 3.05) is 0 Å². The summed E-state index contributed by atoms with van der Waals surface area (Å²) < 4.78 is 0. The molecule has 5 nitrogen and oxygen atoms in total. The average molecular weight is 182 g/mol. The number of carboxylic acid groups (broad SMARTS) is 1. The molecular weight excluding hydrogens is 172 g/mol. The number of carboxylic acids is 1. The van der Waals surface area contributed by atoms with Crippen molar-refractivity contribution in [2.24, 2.45) is 5.73 Å². The van der Waals surface area contributed by atoms with E-state index in [9.17, 15) is 9.90 Å². The fourth-order valence-corrected chi connectivity index (χ4v) is 0.893. The monoisotopic (exact) mass is 182 g/mol. The van der Waals surface area contributed by atoms with Crippen LogP contribution < -0.4 is 5.73 Å². The van der Waals surface area contributed by atoms with Gasteiger partial charge in [0.2, 0.25) is 0 Å². The van der Waals surface area contributed by atoms with E-state index in [1.807, 2.05) is 0 Å². The Morgan fingerprint density at radius 1 is 1.62 bits per heavy atom. The van der Waals surface area contributed by atoms with Crippen LogP contribution in [0.2, 0.25) is 0 Å². The van der Waals surface area contributed by atoms with Crippen molar-refractivity contribution in [3.8, 4) is 0 Å². The number of hydrogen-bond acceptors (Lipinski definition) is 4. The van der Waals surface area contributed by atoms with Gasteiger partial charge in [-0.15, -0.1) is 0 Å². The summed E-state index contributed by atoms with van der Waals surface area (Å²) in [6.07, 6.45) is 1.70. The molecule has 0 amide bonds. The molecule has 0 unspecified atom stereocenters. The van der Waals surface area contributed by atoms with Gasteiger partial charge in [0.1, 0.15) is 12.1 Å². The molecule has 5 heteroatoms. The van der Waals surface area contributed by atoms with Crippen LogP contribution in [0.4, 0.5) is 0 Å². The number of rotatable bonds is 3. The van der Waals surface area contributed by atoms with Crippen molar-refractivity contribution in [3.05, 3.63) is 30.1 Å². The van der Waals surface area contributed by atoms with Gasteiger partial charge in [-0.3, -0.25) is 9.78 Å². The highest BCUT2D eigenvalue weighted by atomic mass is 16.4. The van der Waals surface area contributed by atoms with Gasteiger partial charge in [0, 0.05) is 18.0 Å². The second-order valence-electron chi connectivity index (χ2n) is 2.60. The first-order valence-corrected chi connectivity index (χ1v) is 3.69. The van der Waals surface area contributed by atoms with Crippen molar-refractivity contribution in [1.29, 1.82) is 0 Å². The highest BCUT2D eigenvalue weighted by Crippen LogP contribution is 2.13. The van der Waals surface area contributed by atoms with E-state index >= 15 is 0 Å². The van der Waals surface area contributed by atoms with E-state index in [4.69, 9.17) is 10.8 Å². The fourth-order valence-electron chi connectivity index (χ4n) is 0.893. The molecule has 0 aliphatic carbocycles. The molecule has 13 heavy (non-hydrogen) atoms. The Hall–Kier alpha value is -1.46. The topological polar surface area (TPSA) is 96.4 Å². The van der Waals surface area contributed by atoms with Gasteiger partial charge >= 0.3 is 5.97 Å². The van der Waals surface area contributed by atoms with E-state index < -0.39 is 18.1 Å². The van der Waals surface area contributed by atoms with E-state index in [0.29, 0.717) is 5.56 Å². The SMILES string of the molecule is N[C@H](C(=O)O)[C@@H](O)c1cccnc1. The predicted octanol–water partition coefficient (Wildman–Crippen LogP) is -0.473. The molecule has 0 saturated heterocycles. The minimum absolute atomic E-state index is 0.400. The maximum atomic E-state index is 10.4. The molecule has 0 aliphatic heterocycles. The van der Waals surface area contributed by atoms with E-state index in [2.05, 4.69) is 4.98 Å². The lowest BCUT2D eigenvalue weighted by Crippen LogP contribution is -2.36. The Kier molecular flexibility index (Phi) is 2.94. The zero-order valence-corrected chi connectivity index (χ0v) is 6.79. The van der Waals surface area contributed by atoms with Crippen LogP contribution in [0.25, 0.3) is 0 Å². The van der Waals surface area contributed by atoms with Gasteiger partial charge in [-0.1, -0.05) is 6.07 Å². The largest absolute Gasteiger partial charge is 0.480 e. The maximum Gasteiger partial charge on any atom is 0.323 e. The summed E-state index contributed by atoms with van der Waals surface area (Å²) in [6.45, 7) is 0. The third-order valence-electron chi connectivity index (χ3n) is 1.65. The number of aliphatic carboxylic acids is 1. The summed E-state index contributed by atoms with van der Waals surface area (Å²) in [4.78, 5) is 14.1. The number of nitrogens with zero attached hydrogens (tertiary/aromatic N) is 1. The maximum absolute atomic E-state index is 10.4. The molecular formula is C8H10N2O3. The summed E-state index contributed by atoms with van der Waals surface area (Å²) in [7, 11) is 0. The highest BCUT2D eigenvalue weighted by molar-refractivity contribution is 5.74. The Morgan fingerprint density at radius 2 is 2.31 bits per heavy atom. The fraction of sp³-hybridized carbons (Fsp3) is 0.250. The molecule has 1 rings (SSSR count). The minimum Gasteiger partial charge on any atom is -0.480 e. The third-order valence-corrected chi connectivity index (χ3v) is 1.65. The third kappa shape index (κ3) is 2.24. The lowest BCUT2D eigenvalue weighted by atomic mass is 10.1. The molecule has 0 saturated carbocycles. The predicted molar refractivity (Wildman–Crippen MR) is 44.8 cm³/mol. The first kappa shape index (κ1) is 9.63. The molecule has 0 radical (unpaired) electrons. The molecule has 0 aromatic carbocycles. The zero-order valence-electron chi connectivity index (χ0n) is 6.79. The van der Waals surface area contributed by atoms with Crippen LogP contribution in [0, 0.1) is 0 Å². The lowest BCUT2D eigenvalue weighted by molar-refractivity contribution is -0.141. The summed E-state index contributed by atoms with van der Waals surface area (Å²) in [5.74, 6) is -1.24. The molecule has 1 aromatic rings. The van der Waals surface area contributed by atoms with Crippen LogP contribution in [0.3, 0.4) is 0 Å². The van der Waals surface area contributed by atoms with Gasteiger partial charge in [0.25, 0.3) is 0 Å². The van der Waals surface area contributed by atoms with Crippen molar-refractivity contribution in [3.63, 3.8) is 0 Å². The Labute approximate surface area is 74.8 Å². The smallest absolute Gasteiger partial charge is 0.323 e. The molecule has 1 aromatic heterocycles. The molecule has 2 atom stereocenters. The first-order chi connectivity index (χ1) is 6.13. The Bertz CT molecular complexity index is 289. The van der Waals surface area contributed by atoms with E-state index in [1.165, 1.54) is 12.4 Å². The Morgan fingerprint density at radius 3 is 2.77 bits per heavy atom. The number of hydrogen-bond donors (Lipinski definition) is 3. The molecule has 0 fully saturated rings. The first-order valence-electron chi connectivity index (χ1n) is 3.69. The van der Waals surface area contributed by atoms with Crippen LogP contribution in [-0.4, -0.2) is 27.2 Å². The van der Waals surface area contributed by atoms with Gasteiger partial charge in [-0.2, -0.15) is 0 Å². The van der Waals surface area contributed by atoms with E-state index in [1.54, 1.807) is 12.1 Å². The van der Waals surface area contributed by atoms with Crippen molar-refractivity contribution in [1.82, 2.24) is 4.98 Å². The quantitative estimate of drug-likeness (QED) is 0.587. The lowest BCUT2D eigenvalue weighted by Gasteiger charge is -2.14. The van der Waals surface area contributed by atoms with Crippen LogP contribution in [0.5, 0.6) is 0 Å². The Balaban J connectivity index is 2.79. The molecule has 0 bridgehead atoms. The summed E-state index contributed by atoms with van der Waals surface area (Å²) in [5, 5.41) is 17.9. The second-order valence-corrected chi connectivity index (χ2v) is 2.60. The van der Waals surface area contributed by atoms with Gasteiger partial charge in [0.15, 0.2) is 0 Å². The molecule has 0 aliphatic rings. The molecule has 1 heterocycles. The minimum atomic E-state index is -1.32. The molecule has 4 N–H and O–H groups in total. The number of nitrogens with two attached hydrogens (primary N) is 1. The van der Waals surface area contributed by atoms with Gasteiger partial charge in [-0.05, 0) is 6.07 Å². The van der Waals surface area contributed by atoms with Gasteiger partial charge in [0.05, 0.1) is 0 Å². The van der Waals surface area contributed by atoms with Crippen LogP contribution >= 0.6 is 0 Å². The van der Waals surface area contributed by atoms with Gasteiger partial charge < -0.3 is 15.9 Å². The summed E-state index contributed by atoms with van der Waals surface area (Å²) in [5.41, 5.74) is 5.62. The van der Waals surface area contributed by atoms with Gasteiger partial charge in [-0.25, -0.2) is 0 Å². The van der Waals surface area contributed by atoms with Crippen molar-refractivity contribution < 1.29 is 15.0 Å². The number of aliphatic hydroxyl groups is 1. The zero-order chi connectivity index (χ0) is 9.84. The van der Waals surface area contributed by atoms with Crippen LogP contribution in [0.1, 0.15) is 11.7 Å². The second kappa shape index (κ2) is 3.97. The summed E-state index contributed by atoms with van der Waals surface area (Å²) >= 11 is 0. The van der Waals surface area contributed by atoms with E-state index in [-0.39, 0.29) is 0 Å². The van der Waals surface area contributed by atoms with Crippen LogP contribution in [0.15, 0.2) is 24.5 Å². The van der Waals surface area contributed by atoms with E-state index in [0.717, 1.165) is 0 Å². The highest BCUT2D eigenvalue weighted by Gasteiger charge is 2.23. The van der Waals surface area contributed by atoms with Crippen molar-refractivity contribution in [2.45, 2.75) is 12.1 Å². The number of aromatic nitrogens is 1. The number of pyridine rings is 1. The number of carbonyl (C=O) groups is 1. The number of aliphatic hydroxyl groups excluding tert-OH is 1. The van der Waals surface area contributed by atoms with Crippen LogP contribution in [-0.2, 0) is 4.79 Å². The molecule has 0 spiro atoms. The van der Waals surface area contributed by atoms with Crippen molar-refractivity contribution >= 4 is 5.97 Å². The molecule has 70 valence electrons.